The highest BCUT2D eigenvalue weighted by atomic mass is 19.1. The Morgan fingerprint density at radius 1 is 0.893 bits per heavy atom. The van der Waals surface area contributed by atoms with Gasteiger partial charge in [0.2, 0.25) is 0 Å². The van der Waals surface area contributed by atoms with E-state index < -0.39 is 23.9 Å². The Bertz CT molecular complexity index is 1770. The van der Waals surface area contributed by atoms with Crippen molar-refractivity contribution in [3.8, 4) is 0 Å². The van der Waals surface area contributed by atoms with Crippen LogP contribution in [-0.4, -0.2) is 123 Å². The maximum absolute atomic E-state index is 13.6. The number of carbonyl (C=O) groups is 2. The number of ether oxygens (including phenoxy) is 6. The molecule has 4 heterocycles. The molecule has 0 spiro atoms. The molecule has 0 aliphatic carbocycles. The molecule has 1 aromatic carbocycles. The number of carbonyl (C=O) groups excluding carboxylic acids is 2. The summed E-state index contributed by atoms with van der Waals surface area (Å²) in [5, 5.41) is 10.4. The third-order valence-corrected chi connectivity index (χ3v) is 9.54. The van der Waals surface area contributed by atoms with Crippen LogP contribution in [0.4, 0.5) is 14.0 Å². The summed E-state index contributed by atoms with van der Waals surface area (Å²) in [4.78, 5) is 44.9. The van der Waals surface area contributed by atoms with Crippen LogP contribution in [0.2, 0.25) is 0 Å². The van der Waals surface area contributed by atoms with Gasteiger partial charge < -0.3 is 48.5 Å². The predicted octanol–water partition coefficient (Wildman–Crippen LogP) is 4.41. The Labute approximate surface area is 326 Å². The number of nitrogens with zero attached hydrogens (tertiary/aromatic N) is 4. The minimum atomic E-state index is -0.614. The number of aryl methyl sites for hydroxylation is 1. The van der Waals surface area contributed by atoms with E-state index in [1.165, 1.54) is 12.1 Å². The molecular formula is C39H57FN6O10. The lowest BCUT2D eigenvalue weighted by Crippen LogP contribution is -2.39. The molecule has 310 valence electrons. The lowest BCUT2D eigenvalue weighted by molar-refractivity contribution is -0.00166. The Morgan fingerprint density at radius 2 is 1.52 bits per heavy atom. The van der Waals surface area contributed by atoms with Gasteiger partial charge in [-0.25, -0.2) is 19.0 Å². The molecule has 2 amide bonds. The molecule has 0 bridgehead atoms. The number of hydrogen-bond acceptors (Lipinski definition) is 13. The van der Waals surface area contributed by atoms with Crippen molar-refractivity contribution in [1.29, 1.82) is 0 Å². The quantitative estimate of drug-likeness (QED) is 0.154. The zero-order valence-corrected chi connectivity index (χ0v) is 33.1. The maximum atomic E-state index is 13.6. The van der Waals surface area contributed by atoms with Crippen molar-refractivity contribution in [2.45, 2.75) is 84.0 Å². The third kappa shape index (κ3) is 13.2. The van der Waals surface area contributed by atoms with Gasteiger partial charge in [0.05, 0.1) is 58.5 Å². The zero-order chi connectivity index (χ0) is 39.9. The molecule has 2 aromatic heterocycles. The van der Waals surface area contributed by atoms with Gasteiger partial charge in [-0.3, -0.25) is 9.36 Å². The van der Waals surface area contributed by atoms with E-state index in [9.17, 15) is 18.8 Å². The molecule has 16 nitrogen and oxygen atoms in total. The summed E-state index contributed by atoms with van der Waals surface area (Å²) in [6.45, 7) is 13.9. The molecule has 3 aromatic rings. The van der Waals surface area contributed by atoms with Crippen molar-refractivity contribution in [1.82, 2.24) is 30.2 Å². The van der Waals surface area contributed by atoms with Gasteiger partial charge in [-0.1, -0.05) is 5.16 Å². The van der Waals surface area contributed by atoms with E-state index in [1.54, 1.807) is 31.4 Å². The molecule has 0 radical (unpaired) electrons. The number of alkyl carbamates (subject to hydrolysis) is 2. The van der Waals surface area contributed by atoms with Crippen LogP contribution < -0.4 is 16.2 Å². The van der Waals surface area contributed by atoms with Crippen LogP contribution in [-0.2, 0) is 41.4 Å². The molecule has 0 saturated carbocycles. The molecule has 1 saturated heterocycles. The Balaban J connectivity index is 0.910. The smallest absolute Gasteiger partial charge is 0.407 e. The first-order valence-electron chi connectivity index (χ1n) is 19.6. The average Bonchev–Trinajstić information content (AvgIpc) is 3.57. The van der Waals surface area contributed by atoms with E-state index >= 15 is 0 Å². The van der Waals surface area contributed by atoms with E-state index in [0.717, 1.165) is 43.6 Å². The van der Waals surface area contributed by atoms with E-state index in [0.29, 0.717) is 101 Å². The van der Waals surface area contributed by atoms with E-state index in [2.05, 4.69) is 20.7 Å². The van der Waals surface area contributed by atoms with Crippen LogP contribution in [0.1, 0.15) is 81.3 Å². The summed E-state index contributed by atoms with van der Waals surface area (Å²) in [5.41, 5.74) is 2.09. The van der Waals surface area contributed by atoms with Crippen LogP contribution in [0.15, 0.2) is 27.5 Å². The number of piperidine rings is 1. The van der Waals surface area contributed by atoms with Gasteiger partial charge in [-0.2, -0.15) is 0 Å². The molecule has 2 aliphatic rings. The summed E-state index contributed by atoms with van der Waals surface area (Å²) in [6, 6.07) is 4.54. The first kappa shape index (κ1) is 43.0. The molecule has 56 heavy (non-hydrogen) atoms. The number of aromatic nitrogens is 3. The first-order chi connectivity index (χ1) is 27.0. The molecule has 1 fully saturated rings. The van der Waals surface area contributed by atoms with Crippen molar-refractivity contribution in [3.63, 3.8) is 0 Å². The third-order valence-electron chi connectivity index (χ3n) is 9.54. The van der Waals surface area contributed by atoms with Crippen molar-refractivity contribution in [3.05, 3.63) is 57.1 Å². The summed E-state index contributed by atoms with van der Waals surface area (Å²) in [7, 11) is 0. The molecule has 5 rings (SSSR count). The second kappa shape index (κ2) is 21.4. The number of amides is 2. The van der Waals surface area contributed by atoms with Crippen molar-refractivity contribution in [2.75, 3.05) is 85.6 Å². The molecule has 2 N–H and O–H groups in total. The standard InChI is InChI=1S/C39H57FN6O10/c1-27-30(11-17-45-15-9-28(10-16-45)34-31-8-7-29(40)26-33(31)56-44-34)36(47)46-14-5-6-32(35(46)43-27)54-37(48)41-12-18-50-20-22-52-24-25-53-23-21-51-19-13-42-38(49)55-39(2,3)4/h7-8,26,28,32H,5-6,9-25H2,1-4H3,(H,41,48)(H,42,49). The molecule has 17 heteroatoms. The van der Waals surface area contributed by atoms with E-state index in [4.69, 9.17) is 37.9 Å². The van der Waals surface area contributed by atoms with Crippen molar-refractivity contribution >= 4 is 23.2 Å². The fourth-order valence-corrected chi connectivity index (χ4v) is 6.77. The van der Waals surface area contributed by atoms with Crippen LogP contribution in [0, 0.1) is 12.7 Å². The van der Waals surface area contributed by atoms with Crippen LogP contribution in [0.5, 0.6) is 0 Å². The van der Waals surface area contributed by atoms with E-state index in [-0.39, 0.29) is 30.4 Å². The number of halogens is 1. The summed E-state index contributed by atoms with van der Waals surface area (Å²) < 4.78 is 53.4. The molecule has 2 aliphatic heterocycles. The molecule has 1 unspecified atom stereocenters. The van der Waals surface area contributed by atoms with Gasteiger partial charge in [0.15, 0.2) is 17.5 Å². The maximum Gasteiger partial charge on any atom is 0.407 e. The van der Waals surface area contributed by atoms with Crippen LogP contribution in [0.3, 0.4) is 0 Å². The lowest BCUT2D eigenvalue weighted by Gasteiger charge is -2.31. The number of benzene rings is 1. The van der Waals surface area contributed by atoms with Gasteiger partial charge in [0.25, 0.3) is 5.56 Å². The first-order valence-corrected chi connectivity index (χ1v) is 19.6. The normalized spacial score (nSPS) is 16.5. The summed E-state index contributed by atoms with van der Waals surface area (Å²) in [6.07, 6.45) is 1.98. The second-order valence-electron chi connectivity index (χ2n) is 14.9. The Kier molecular flexibility index (Phi) is 16.4. The van der Waals surface area contributed by atoms with Gasteiger partial charge >= 0.3 is 12.2 Å². The lowest BCUT2D eigenvalue weighted by atomic mass is 9.91. The number of likely N-dealkylation sites (tertiary alicyclic amines) is 1. The zero-order valence-electron chi connectivity index (χ0n) is 33.1. The largest absolute Gasteiger partial charge is 0.444 e. The Morgan fingerprint density at radius 3 is 2.16 bits per heavy atom. The highest BCUT2D eigenvalue weighted by molar-refractivity contribution is 5.80. The van der Waals surface area contributed by atoms with Crippen molar-refractivity contribution < 1.29 is 46.9 Å². The second-order valence-corrected chi connectivity index (χ2v) is 14.9. The van der Waals surface area contributed by atoms with Gasteiger partial charge in [0.1, 0.15) is 11.4 Å². The molecule has 1 atom stereocenters. The van der Waals surface area contributed by atoms with Crippen molar-refractivity contribution in [2.24, 2.45) is 0 Å². The number of hydrogen-bond donors (Lipinski definition) is 2. The Hall–Kier alpha value is -4.16. The topological polar surface area (TPSA) is 178 Å². The van der Waals surface area contributed by atoms with Gasteiger partial charge in [0, 0.05) is 54.8 Å². The highest BCUT2D eigenvalue weighted by Crippen LogP contribution is 2.33. The summed E-state index contributed by atoms with van der Waals surface area (Å²) >= 11 is 0. The van der Waals surface area contributed by atoms with Crippen LogP contribution >= 0.6 is 0 Å². The number of nitrogens with one attached hydrogen (secondary N) is 2. The minimum Gasteiger partial charge on any atom is -0.444 e. The van der Waals surface area contributed by atoms with Gasteiger partial charge in [-0.05, 0) is 85.0 Å². The monoisotopic (exact) mass is 788 g/mol. The predicted molar refractivity (Wildman–Crippen MR) is 203 cm³/mol. The highest BCUT2D eigenvalue weighted by Gasteiger charge is 2.29. The average molecular weight is 789 g/mol. The molecular weight excluding hydrogens is 731 g/mol. The van der Waals surface area contributed by atoms with Crippen LogP contribution in [0.25, 0.3) is 11.0 Å². The van der Waals surface area contributed by atoms with E-state index in [1.807, 2.05) is 6.92 Å². The number of rotatable bonds is 20. The minimum absolute atomic E-state index is 0.0739. The fraction of sp³-hybridized carbons (Fsp3) is 0.667. The summed E-state index contributed by atoms with van der Waals surface area (Å²) in [5.74, 6) is 0.380. The number of fused-ring (bicyclic) bond motifs is 2. The van der Waals surface area contributed by atoms with Gasteiger partial charge in [-0.15, -0.1) is 0 Å². The SMILES string of the molecule is Cc1nc2n(c(=O)c1CCN1CCC(c3noc4cc(F)ccc34)CC1)CCCC2OC(=O)NCCOCCOCCOCCOCCNC(=O)OC(C)(C)C. The fourth-order valence-electron chi connectivity index (χ4n) is 6.77.